The lowest BCUT2D eigenvalue weighted by Gasteiger charge is -2.36. The largest absolute Gasteiger partial charge is 0.471 e. The zero-order valence-electron chi connectivity index (χ0n) is 26.8. The van der Waals surface area contributed by atoms with Crippen molar-refractivity contribution in [3.05, 3.63) is 107 Å². The van der Waals surface area contributed by atoms with Gasteiger partial charge < -0.3 is 29.4 Å². The van der Waals surface area contributed by atoms with Crippen molar-refractivity contribution >= 4 is 23.6 Å². The van der Waals surface area contributed by atoms with Gasteiger partial charge in [0.1, 0.15) is 6.04 Å². The molecule has 3 heterocycles. The second kappa shape index (κ2) is 15.2. The summed E-state index contributed by atoms with van der Waals surface area (Å²) in [4.78, 5) is 29.6. The van der Waals surface area contributed by atoms with Crippen LogP contribution in [0.4, 0.5) is 13.2 Å². The van der Waals surface area contributed by atoms with E-state index in [2.05, 4.69) is 10.3 Å². The Kier molecular flexibility index (Phi) is 10.7. The lowest BCUT2D eigenvalue weighted by molar-refractivity contribution is -0.245. The number of aliphatic hydroxyl groups excluding tert-OH is 1. The molecule has 9 nitrogen and oxygen atoms in total. The third kappa shape index (κ3) is 8.35. The lowest BCUT2D eigenvalue weighted by Crippen LogP contribution is -2.50. The number of aryl methyl sites for hydroxylation is 1. The van der Waals surface area contributed by atoms with Gasteiger partial charge in [-0.25, -0.2) is 4.98 Å². The summed E-state index contributed by atoms with van der Waals surface area (Å²) in [5.41, 5.74) is 5.27. The molecule has 0 unspecified atom stereocenters. The average molecular weight is 695 g/mol. The van der Waals surface area contributed by atoms with Crippen LogP contribution in [0.1, 0.15) is 53.9 Å². The number of benzene rings is 3. The molecule has 2 aliphatic rings. The number of hydrogen-bond donors (Lipinski definition) is 2. The first-order valence-corrected chi connectivity index (χ1v) is 17.0. The van der Waals surface area contributed by atoms with Crippen LogP contribution in [0.2, 0.25) is 0 Å². The number of carbonyl (C=O) groups is 2. The van der Waals surface area contributed by atoms with Crippen LogP contribution in [0.25, 0.3) is 11.1 Å². The molecule has 0 spiro atoms. The predicted octanol–water partition coefficient (Wildman–Crippen LogP) is 6.09. The van der Waals surface area contributed by atoms with E-state index >= 15 is 0 Å². The molecular weight excluding hydrogens is 657 g/mol. The summed E-state index contributed by atoms with van der Waals surface area (Å²) in [7, 11) is 1.95. The van der Waals surface area contributed by atoms with E-state index in [0.29, 0.717) is 23.5 Å². The summed E-state index contributed by atoms with van der Waals surface area (Å²) in [6.45, 7) is -0.0174. The highest BCUT2D eigenvalue weighted by atomic mass is 32.2. The number of likely N-dealkylation sites (tertiary alicyclic amines) is 1. The summed E-state index contributed by atoms with van der Waals surface area (Å²) in [6, 6.07) is 22.0. The van der Waals surface area contributed by atoms with Gasteiger partial charge in [0.15, 0.2) is 11.4 Å². The van der Waals surface area contributed by atoms with Crippen molar-refractivity contribution < 1.29 is 37.3 Å². The predicted molar refractivity (Wildman–Crippen MR) is 177 cm³/mol. The highest BCUT2D eigenvalue weighted by Gasteiger charge is 2.47. The lowest BCUT2D eigenvalue weighted by atomic mass is 9.99. The first-order valence-electron chi connectivity index (χ1n) is 16.0. The van der Waals surface area contributed by atoms with E-state index in [1.165, 1.54) is 0 Å². The first-order chi connectivity index (χ1) is 23.6. The number of rotatable bonds is 10. The minimum Gasteiger partial charge on any atom is -0.392 e. The van der Waals surface area contributed by atoms with Gasteiger partial charge in [0.05, 0.1) is 18.8 Å². The fourth-order valence-corrected chi connectivity index (χ4v) is 7.08. The van der Waals surface area contributed by atoms with Crippen molar-refractivity contribution in [2.45, 2.75) is 68.3 Å². The maximum Gasteiger partial charge on any atom is 0.471 e. The van der Waals surface area contributed by atoms with Crippen LogP contribution in [0, 0.1) is 0 Å². The number of nitrogens with zero attached hydrogens (tertiary/aromatic N) is 3. The molecule has 49 heavy (non-hydrogen) atoms. The number of imidazole rings is 1. The maximum absolute atomic E-state index is 13.0. The van der Waals surface area contributed by atoms with Crippen LogP contribution in [-0.2, 0) is 39.3 Å². The van der Waals surface area contributed by atoms with Crippen molar-refractivity contribution in [2.75, 3.05) is 12.3 Å². The number of aliphatic hydroxyl groups is 1. The Morgan fingerprint density at radius 1 is 1.00 bits per heavy atom. The third-order valence-electron chi connectivity index (χ3n) is 8.76. The van der Waals surface area contributed by atoms with Crippen molar-refractivity contribution in [1.82, 2.24) is 19.8 Å². The number of thioether (sulfide) groups is 1. The van der Waals surface area contributed by atoms with Crippen molar-refractivity contribution in [1.29, 1.82) is 0 Å². The molecule has 3 aromatic carbocycles. The number of halogens is 3. The zero-order valence-corrected chi connectivity index (χ0v) is 27.6. The second-order valence-electron chi connectivity index (χ2n) is 12.2. The van der Waals surface area contributed by atoms with Crippen LogP contribution in [-0.4, -0.2) is 62.0 Å². The summed E-state index contributed by atoms with van der Waals surface area (Å²) in [5, 5.41) is 13.1. The van der Waals surface area contributed by atoms with Crippen molar-refractivity contribution in [2.24, 2.45) is 7.05 Å². The number of nitrogens with one attached hydrogen (secondary N) is 1. The fraction of sp³-hybridized carbons (Fsp3) is 0.361. The molecule has 1 aromatic heterocycles. The molecule has 0 saturated carbocycles. The molecule has 0 radical (unpaired) electrons. The Bertz CT molecular complexity index is 1750. The zero-order chi connectivity index (χ0) is 34.5. The molecule has 6 rings (SSSR count). The van der Waals surface area contributed by atoms with E-state index in [-0.39, 0.29) is 38.3 Å². The van der Waals surface area contributed by atoms with Crippen LogP contribution in [0.5, 0.6) is 0 Å². The summed E-state index contributed by atoms with van der Waals surface area (Å²) in [6.07, 6.45) is -1.10. The Morgan fingerprint density at radius 3 is 2.45 bits per heavy atom. The normalized spacial score (nSPS) is 21.1. The SMILES string of the molecule is Cn1ccnc1SC[C@@H]1C[C@H](c2ccc(CO)cc2)O[C@H](c2ccc(-c3cccc(CNC(=O)[C@@H]4CCCN4C(=O)C(F)(F)F)c3)cc2)O1. The molecule has 2 saturated heterocycles. The number of aromatic nitrogens is 2. The quantitative estimate of drug-likeness (QED) is 0.194. The van der Waals surface area contributed by atoms with Gasteiger partial charge in [-0.3, -0.25) is 9.59 Å². The van der Waals surface area contributed by atoms with Gasteiger partial charge in [0.2, 0.25) is 5.91 Å². The molecule has 2 fully saturated rings. The van der Waals surface area contributed by atoms with Crippen LogP contribution >= 0.6 is 11.8 Å². The summed E-state index contributed by atoms with van der Waals surface area (Å²) >= 11 is 1.63. The third-order valence-corrected chi connectivity index (χ3v) is 9.95. The molecule has 2 amide bonds. The Hall–Kier alpha value is -4.17. The molecule has 258 valence electrons. The maximum atomic E-state index is 13.0. The molecule has 0 aliphatic carbocycles. The van der Waals surface area contributed by atoms with Crippen LogP contribution < -0.4 is 5.32 Å². The molecule has 13 heteroatoms. The standard InChI is InChI=1S/C36H37F3N4O5S/c1-42-17-15-40-35(42)49-22-29-19-31(26-9-7-23(21-44)8-10-26)48-33(47-29)27-13-11-25(12-14-27)28-5-2-4-24(18-28)20-41-32(45)30-6-3-16-43(30)34(46)36(37,38)39/h2,4-5,7-15,17-18,29-31,33,44H,3,6,16,19-22H2,1H3,(H,41,45)/t29-,30-,31+,33+/m0/s1. The van der Waals surface area contributed by atoms with Gasteiger partial charge in [-0.1, -0.05) is 78.5 Å². The minimum absolute atomic E-state index is 0.0307. The van der Waals surface area contributed by atoms with Crippen LogP contribution in [0.15, 0.2) is 90.3 Å². The number of ether oxygens (including phenoxy) is 2. The number of amides is 2. The van der Waals surface area contributed by atoms with Gasteiger partial charge in [-0.2, -0.15) is 13.2 Å². The average Bonchev–Trinajstić information content (AvgIpc) is 3.78. The molecule has 4 aromatic rings. The monoisotopic (exact) mass is 694 g/mol. The van der Waals surface area contributed by atoms with E-state index in [1.807, 2.05) is 90.6 Å². The molecule has 4 atom stereocenters. The number of hydrogen-bond acceptors (Lipinski definition) is 7. The van der Waals surface area contributed by atoms with Crippen molar-refractivity contribution in [3.63, 3.8) is 0 Å². The van der Waals surface area contributed by atoms with Gasteiger partial charge in [-0.05, 0) is 46.7 Å². The fourth-order valence-electron chi connectivity index (χ4n) is 6.13. The first kappa shape index (κ1) is 34.7. The molecule has 0 bridgehead atoms. The van der Waals surface area contributed by atoms with E-state index in [9.17, 15) is 27.9 Å². The Balaban J connectivity index is 1.12. The minimum atomic E-state index is -5.02. The van der Waals surface area contributed by atoms with E-state index in [4.69, 9.17) is 9.47 Å². The van der Waals surface area contributed by atoms with Crippen LogP contribution in [0.3, 0.4) is 0 Å². The van der Waals surface area contributed by atoms with E-state index < -0.39 is 30.3 Å². The molecule has 2 aliphatic heterocycles. The van der Waals surface area contributed by atoms with Gasteiger partial charge in [-0.15, -0.1) is 0 Å². The van der Waals surface area contributed by atoms with E-state index in [0.717, 1.165) is 38.5 Å². The summed E-state index contributed by atoms with van der Waals surface area (Å²) in [5.74, 6) is -1.89. The second-order valence-corrected chi connectivity index (χ2v) is 13.2. The Morgan fingerprint density at radius 2 is 1.76 bits per heavy atom. The van der Waals surface area contributed by atoms with Gasteiger partial charge in [0.25, 0.3) is 0 Å². The number of alkyl halides is 3. The van der Waals surface area contributed by atoms with E-state index in [1.54, 1.807) is 18.0 Å². The highest BCUT2D eigenvalue weighted by Crippen LogP contribution is 2.40. The topological polar surface area (TPSA) is 106 Å². The van der Waals surface area contributed by atoms with Crippen molar-refractivity contribution in [3.8, 4) is 11.1 Å². The Labute approximate surface area is 286 Å². The molecular formula is C36H37F3N4O5S. The molecule has 2 N–H and O–H groups in total. The smallest absolute Gasteiger partial charge is 0.392 e. The highest BCUT2D eigenvalue weighted by molar-refractivity contribution is 7.99. The van der Waals surface area contributed by atoms with Gasteiger partial charge in [0, 0.05) is 50.3 Å². The number of carbonyl (C=O) groups excluding carboxylic acids is 2. The summed E-state index contributed by atoms with van der Waals surface area (Å²) < 4.78 is 53.9. The van der Waals surface area contributed by atoms with Gasteiger partial charge >= 0.3 is 12.1 Å².